The molecule has 0 aliphatic carbocycles. The minimum atomic E-state index is -0.541. The maximum atomic E-state index is 11.5. The van der Waals surface area contributed by atoms with Crippen LogP contribution in [0.25, 0.3) is 0 Å². The lowest BCUT2D eigenvalue weighted by atomic mass is 10.1. The number of nitrogens with one attached hydrogen (secondary N) is 2. The summed E-state index contributed by atoms with van der Waals surface area (Å²) in [7, 11) is 0. The van der Waals surface area contributed by atoms with Crippen LogP contribution >= 0.6 is 0 Å². The highest BCUT2D eigenvalue weighted by Gasteiger charge is 2.07. The van der Waals surface area contributed by atoms with Crippen molar-refractivity contribution in [3.63, 3.8) is 0 Å². The number of aryl methyl sites for hydroxylation is 2. The van der Waals surface area contributed by atoms with Gasteiger partial charge >= 0.3 is 6.09 Å². The van der Waals surface area contributed by atoms with E-state index in [1.54, 1.807) is 18.3 Å². The third-order valence-electron chi connectivity index (χ3n) is 2.27. The van der Waals surface area contributed by atoms with Crippen molar-refractivity contribution in [1.29, 1.82) is 0 Å². The largest absolute Gasteiger partial charge is 0.418 e. The Morgan fingerprint density at radius 1 is 1.35 bits per heavy atom. The van der Waals surface area contributed by atoms with Gasteiger partial charge in [0.2, 0.25) is 0 Å². The van der Waals surface area contributed by atoms with Gasteiger partial charge in [-0.1, -0.05) is 17.7 Å². The van der Waals surface area contributed by atoms with E-state index in [0.29, 0.717) is 11.6 Å². The fourth-order valence-corrected chi connectivity index (χ4v) is 1.47. The Morgan fingerprint density at radius 2 is 2.18 bits per heavy atom. The molecule has 0 atom stereocenters. The molecule has 0 unspecified atom stereocenters. The number of aromatic nitrogens is 2. The zero-order valence-corrected chi connectivity index (χ0v) is 9.65. The van der Waals surface area contributed by atoms with Crippen molar-refractivity contribution < 1.29 is 9.53 Å². The second-order valence-electron chi connectivity index (χ2n) is 3.75. The van der Waals surface area contributed by atoms with Crippen LogP contribution in [0.5, 0.6) is 5.75 Å². The molecule has 0 saturated heterocycles. The number of nitrogens with zero attached hydrogens (tertiary/aromatic N) is 1. The van der Waals surface area contributed by atoms with Gasteiger partial charge in [0.05, 0.1) is 6.20 Å². The molecule has 5 heteroatoms. The number of rotatable bonds is 2. The number of anilines is 1. The number of H-pyrrole nitrogens is 1. The molecule has 0 radical (unpaired) electrons. The summed E-state index contributed by atoms with van der Waals surface area (Å²) in [5.74, 6) is 1.05. The molecule has 1 aromatic carbocycles. The van der Waals surface area contributed by atoms with Crippen LogP contribution in [0.1, 0.15) is 11.1 Å². The fraction of sp³-hybridized carbons (Fsp3) is 0.167. The molecule has 0 fully saturated rings. The molecule has 88 valence electrons. The highest BCUT2D eigenvalue weighted by atomic mass is 16.6. The second kappa shape index (κ2) is 4.69. The number of carbonyl (C=O) groups is 1. The molecule has 0 spiro atoms. The summed E-state index contributed by atoms with van der Waals surface area (Å²) in [5, 5.41) is 8.86. The lowest BCUT2D eigenvalue weighted by molar-refractivity contribution is 0.214. The molecule has 0 bridgehead atoms. The summed E-state index contributed by atoms with van der Waals surface area (Å²) < 4.78 is 5.18. The van der Waals surface area contributed by atoms with Crippen LogP contribution in [0.3, 0.4) is 0 Å². The average molecular weight is 231 g/mol. The third kappa shape index (κ3) is 2.84. The third-order valence-corrected chi connectivity index (χ3v) is 2.27. The number of hydrogen-bond donors (Lipinski definition) is 2. The number of ether oxygens (including phenoxy) is 1. The Hall–Kier alpha value is -2.30. The fourth-order valence-electron chi connectivity index (χ4n) is 1.47. The predicted molar refractivity (Wildman–Crippen MR) is 64.2 cm³/mol. The molecule has 17 heavy (non-hydrogen) atoms. The first kappa shape index (κ1) is 11.2. The topological polar surface area (TPSA) is 67.0 Å². The first-order valence-corrected chi connectivity index (χ1v) is 5.20. The van der Waals surface area contributed by atoms with Crippen molar-refractivity contribution in [3.8, 4) is 5.75 Å². The quantitative estimate of drug-likeness (QED) is 0.834. The van der Waals surface area contributed by atoms with Crippen LogP contribution in [0.15, 0.2) is 30.5 Å². The molecular formula is C12H13N3O2. The molecule has 0 aliphatic rings. The van der Waals surface area contributed by atoms with Crippen LogP contribution in [0, 0.1) is 13.8 Å². The predicted octanol–water partition coefficient (Wildman–Crippen LogP) is 2.64. The van der Waals surface area contributed by atoms with Gasteiger partial charge in [-0.25, -0.2) is 4.79 Å². The summed E-state index contributed by atoms with van der Waals surface area (Å²) >= 11 is 0. The van der Waals surface area contributed by atoms with E-state index in [1.165, 1.54) is 0 Å². The van der Waals surface area contributed by atoms with Crippen LogP contribution in [-0.4, -0.2) is 16.3 Å². The number of benzene rings is 1. The maximum absolute atomic E-state index is 11.5. The highest BCUT2D eigenvalue weighted by molar-refractivity contribution is 5.85. The SMILES string of the molecule is Cc1ccc(OC(=O)Nc2ccn[nH]2)c(C)c1. The van der Waals surface area contributed by atoms with Gasteiger partial charge in [0, 0.05) is 6.07 Å². The van der Waals surface area contributed by atoms with Gasteiger partial charge in [0.25, 0.3) is 0 Å². The first-order chi connectivity index (χ1) is 8.15. The van der Waals surface area contributed by atoms with Crippen molar-refractivity contribution in [3.05, 3.63) is 41.6 Å². The van der Waals surface area contributed by atoms with E-state index in [-0.39, 0.29) is 0 Å². The summed E-state index contributed by atoms with van der Waals surface area (Å²) in [4.78, 5) is 11.5. The molecule has 1 heterocycles. The number of amides is 1. The second-order valence-corrected chi connectivity index (χ2v) is 3.75. The van der Waals surface area contributed by atoms with Crippen LogP contribution < -0.4 is 10.1 Å². The van der Waals surface area contributed by atoms with Gasteiger partial charge < -0.3 is 4.74 Å². The molecule has 0 saturated carbocycles. The van der Waals surface area contributed by atoms with E-state index in [2.05, 4.69) is 15.5 Å². The normalized spacial score (nSPS) is 10.0. The van der Waals surface area contributed by atoms with E-state index >= 15 is 0 Å². The van der Waals surface area contributed by atoms with Crippen molar-refractivity contribution >= 4 is 11.9 Å². The number of hydrogen-bond acceptors (Lipinski definition) is 3. The molecule has 5 nitrogen and oxygen atoms in total. The Bertz CT molecular complexity index is 521. The van der Waals surface area contributed by atoms with Crippen molar-refractivity contribution in [1.82, 2.24) is 10.2 Å². The molecule has 2 rings (SSSR count). The van der Waals surface area contributed by atoms with Crippen molar-refractivity contribution in [2.45, 2.75) is 13.8 Å². The molecule has 1 aromatic heterocycles. The molecule has 1 amide bonds. The van der Waals surface area contributed by atoms with E-state index in [9.17, 15) is 4.79 Å². The zero-order chi connectivity index (χ0) is 12.3. The average Bonchev–Trinajstić information content (AvgIpc) is 2.75. The Labute approximate surface area is 98.8 Å². The number of carbonyl (C=O) groups excluding carboxylic acids is 1. The van der Waals surface area contributed by atoms with Gasteiger partial charge in [-0.15, -0.1) is 0 Å². The molecule has 2 N–H and O–H groups in total. The smallest absolute Gasteiger partial charge is 0.410 e. The van der Waals surface area contributed by atoms with E-state index in [0.717, 1.165) is 11.1 Å². The lowest BCUT2D eigenvalue weighted by Gasteiger charge is -2.08. The van der Waals surface area contributed by atoms with Gasteiger partial charge in [0.15, 0.2) is 0 Å². The van der Waals surface area contributed by atoms with Crippen molar-refractivity contribution in [2.24, 2.45) is 0 Å². The number of aromatic amines is 1. The molecular weight excluding hydrogens is 218 g/mol. The Balaban J connectivity index is 2.03. The van der Waals surface area contributed by atoms with E-state index in [1.807, 2.05) is 26.0 Å². The minimum absolute atomic E-state index is 0.500. The summed E-state index contributed by atoms with van der Waals surface area (Å²) in [6.07, 6.45) is 1.01. The van der Waals surface area contributed by atoms with Crippen molar-refractivity contribution in [2.75, 3.05) is 5.32 Å². The van der Waals surface area contributed by atoms with E-state index < -0.39 is 6.09 Å². The minimum Gasteiger partial charge on any atom is -0.410 e. The molecule has 2 aromatic rings. The first-order valence-electron chi connectivity index (χ1n) is 5.20. The monoisotopic (exact) mass is 231 g/mol. The van der Waals surface area contributed by atoms with Gasteiger partial charge in [-0.2, -0.15) is 5.10 Å². The summed E-state index contributed by atoms with van der Waals surface area (Å²) in [6.45, 7) is 3.88. The van der Waals surface area contributed by atoms with E-state index in [4.69, 9.17) is 4.74 Å². The maximum Gasteiger partial charge on any atom is 0.418 e. The zero-order valence-electron chi connectivity index (χ0n) is 9.65. The van der Waals surface area contributed by atoms with Crippen LogP contribution in [-0.2, 0) is 0 Å². The van der Waals surface area contributed by atoms with Crippen LogP contribution in [0.2, 0.25) is 0 Å². The van der Waals surface area contributed by atoms with Crippen LogP contribution in [0.4, 0.5) is 10.6 Å². The Morgan fingerprint density at radius 3 is 2.82 bits per heavy atom. The summed E-state index contributed by atoms with van der Waals surface area (Å²) in [5.41, 5.74) is 2.05. The van der Waals surface area contributed by atoms with Gasteiger partial charge in [-0.05, 0) is 25.5 Å². The summed E-state index contributed by atoms with van der Waals surface area (Å²) in [6, 6.07) is 7.27. The lowest BCUT2D eigenvalue weighted by Crippen LogP contribution is -2.17. The standard InChI is InChI=1S/C12H13N3O2/c1-8-3-4-10(9(2)7-8)17-12(16)14-11-5-6-13-15-11/h3-7H,1-2H3,(H2,13,14,15,16). The highest BCUT2D eigenvalue weighted by Crippen LogP contribution is 2.19. The molecule has 0 aliphatic heterocycles. The Kier molecular flexibility index (Phi) is 3.09. The van der Waals surface area contributed by atoms with Gasteiger partial charge in [0.1, 0.15) is 11.6 Å². The van der Waals surface area contributed by atoms with Gasteiger partial charge in [-0.3, -0.25) is 10.4 Å².